The molecule has 2 heterocycles. The summed E-state index contributed by atoms with van der Waals surface area (Å²) in [5.41, 5.74) is 3.76. The van der Waals surface area contributed by atoms with Crippen molar-refractivity contribution >= 4 is 5.52 Å². The second-order valence-electron chi connectivity index (χ2n) is 2.86. The summed E-state index contributed by atoms with van der Waals surface area (Å²) in [4.78, 5) is 0. The van der Waals surface area contributed by atoms with Gasteiger partial charge in [-0.25, -0.2) is 4.52 Å². The topological polar surface area (TPSA) is 30.2 Å². The van der Waals surface area contributed by atoms with Crippen LogP contribution in [-0.4, -0.2) is 14.8 Å². The maximum Gasteiger partial charge on any atom is 0.0929 e. The second kappa shape index (κ2) is 1.61. The molecule has 0 atom stereocenters. The van der Waals surface area contributed by atoms with E-state index in [4.69, 9.17) is 0 Å². The molecule has 0 fully saturated rings. The van der Waals surface area contributed by atoms with Crippen LogP contribution < -0.4 is 0 Å². The molecule has 0 saturated heterocycles. The number of aromatic nitrogens is 3. The minimum absolute atomic E-state index is 1.06. The van der Waals surface area contributed by atoms with E-state index in [0.29, 0.717) is 0 Å². The van der Waals surface area contributed by atoms with Crippen molar-refractivity contribution in [2.24, 2.45) is 0 Å². The van der Waals surface area contributed by atoms with Crippen LogP contribution >= 0.6 is 0 Å². The van der Waals surface area contributed by atoms with Crippen molar-refractivity contribution < 1.29 is 0 Å². The molecule has 2 aromatic rings. The summed E-state index contributed by atoms with van der Waals surface area (Å²) in [6, 6.07) is 4.17. The molecule has 1 aliphatic carbocycles. The quantitative estimate of drug-likeness (QED) is 0.549. The minimum Gasteiger partial charge on any atom is -0.220 e. The highest BCUT2D eigenvalue weighted by Crippen LogP contribution is 2.22. The Bertz CT molecular complexity index is 416. The molecule has 11 heavy (non-hydrogen) atoms. The van der Waals surface area contributed by atoms with Gasteiger partial charge < -0.3 is 0 Å². The van der Waals surface area contributed by atoms with E-state index in [9.17, 15) is 0 Å². The van der Waals surface area contributed by atoms with Crippen LogP contribution in [-0.2, 0) is 12.8 Å². The van der Waals surface area contributed by atoms with Crippen LogP contribution in [0.1, 0.15) is 11.3 Å². The lowest BCUT2D eigenvalue weighted by atomic mass is 10.2. The molecule has 0 amide bonds. The monoisotopic (exact) mass is 145 g/mol. The lowest BCUT2D eigenvalue weighted by Gasteiger charge is -1.92. The Morgan fingerprint density at radius 2 is 2.36 bits per heavy atom. The Kier molecular flexibility index (Phi) is 0.776. The van der Waals surface area contributed by atoms with Crippen LogP contribution in [0.2, 0.25) is 0 Å². The third-order valence-corrected chi connectivity index (χ3v) is 2.22. The van der Waals surface area contributed by atoms with E-state index >= 15 is 0 Å². The van der Waals surface area contributed by atoms with Crippen molar-refractivity contribution in [1.82, 2.24) is 14.8 Å². The van der Waals surface area contributed by atoms with Gasteiger partial charge in [0.15, 0.2) is 0 Å². The Morgan fingerprint density at radius 1 is 1.36 bits per heavy atom. The highest BCUT2D eigenvalue weighted by molar-refractivity contribution is 5.61. The van der Waals surface area contributed by atoms with Crippen LogP contribution in [0, 0.1) is 0 Å². The summed E-state index contributed by atoms with van der Waals surface area (Å²) in [5, 5.41) is 8.08. The van der Waals surface area contributed by atoms with Gasteiger partial charge in [0.1, 0.15) is 0 Å². The Labute approximate surface area is 63.6 Å². The van der Waals surface area contributed by atoms with Gasteiger partial charge in [0, 0.05) is 6.20 Å². The van der Waals surface area contributed by atoms with Gasteiger partial charge in [0.2, 0.25) is 0 Å². The molecule has 0 bridgehead atoms. The van der Waals surface area contributed by atoms with Crippen molar-refractivity contribution in [3.05, 3.63) is 29.6 Å². The Morgan fingerprint density at radius 3 is 3.36 bits per heavy atom. The third kappa shape index (κ3) is 0.533. The number of hydrogen-bond acceptors (Lipinski definition) is 2. The van der Waals surface area contributed by atoms with Crippen LogP contribution in [0.4, 0.5) is 0 Å². The fraction of sp³-hybridized carbons (Fsp3) is 0.250. The van der Waals surface area contributed by atoms with Crippen LogP contribution in [0.15, 0.2) is 18.3 Å². The molecule has 0 spiro atoms. The summed E-state index contributed by atoms with van der Waals surface area (Å²) < 4.78 is 1.86. The molecule has 3 nitrogen and oxygen atoms in total. The average molecular weight is 145 g/mol. The van der Waals surface area contributed by atoms with Crippen molar-refractivity contribution in [2.45, 2.75) is 12.8 Å². The van der Waals surface area contributed by atoms with Gasteiger partial charge in [0.05, 0.1) is 11.2 Å². The maximum absolute atomic E-state index is 4.08. The predicted octanol–water partition coefficient (Wildman–Crippen LogP) is 0.828. The molecule has 2 aromatic heterocycles. The zero-order valence-corrected chi connectivity index (χ0v) is 5.99. The third-order valence-electron chi connectivity index (χ3n) is 2.22. The highest BCUT2D eigenvalue weighted by atomic mass is 15.4. The maximum atomic E-state index is 4.08. The van der Waals surface area contributed by atoms with Gasteiger partial charge in [0.25, 0.3) is 0 Å². The van der Waals surface area contributed by atoms with Crippen molar-refractivity contribution in [3.8, 4) is 0 Å². The van der Waals surface area contributed by atoms with E-state index in [-0.39, 0.29) is 0 Å². The van der Waals surface area contributed by atoms with Gasteiger partial charge >= 0.3 is 0 Å². The molecule has 0 unspecified atom stereocenters. The van der Waals surface area contributed by atoms with E-state index in [1.807, 2.05) is 16.8 Å². The number of pyridine rings is 1. The number of nitrogens with zero attached hydrogens (tertiary/aromatic N) is 3. The van der Waals surface area contributed by atoms with Crippen molar-refractivity contribution in [1.29, 1.82) is 0 Å². The first kappa shape index (κ1) is 5.29. The molecule has 0 N–H and O–H groups in total. The van der Waals surface area contributed by atoms with Crippen molar-refractivity contribution in [3.63, 3.8) is 0 Å². The van der Waals surface area contributed by atoms with Crippen molar-refractivity contribution in [2.75, 3.05) is 0 Å². The molecular formula is C8H7N3. The SMILES string of the molecule is c1cc2c3c(nnn3c1)CC2. The lowest BCUT2D eigenvalue weighted by molar-refractivity contribution is 0.815. The number of aryl methyl sites for hydroxylation is 2. The average Bonchev–Trinajstić information content (AvgIpc) is 2.60. The predicted molar refractivity (Wildman–Crippen MR) is 40.4 cm³/mol. The molecule has 3 rings (SSSR count). The van der Waals surface area contributed by atoms with E-state index in [0.717, 1.165) is 18.5 Å². The largest absolute Gasteiger partial charge is 0.220 e. The Balaban J connectivity index is 2.61. The fourth-order valence-electron chi connectivity index (χ4n) is 1.71. The van der Waals surface area contributed by atoms with E-state index in [1.54, 1.807) is 0 Å². The lowest BCUT2D eigenvalue weighted by Crippen LogP contribution is -1.89. The molecule has 3 heteroatoms. The van der Waals surface area contributed by atoms with Crippen LogP contribution in [0.3, 0.4) is 0 Å². The summed E-state index contributed by atoms with van der Waals surface area (Å²) in [6.45, 7) is 0. The zero-order chi connectivity index (χ0) is 7.26. The molecule has 0 saturated carbocycles. The second-order valence-corrected chi connectivity index (χ2v) is 2.86. The van der Waals surface area contributed by atoms with E-state index in [1.165, 1.54) is 11.1 Å². The highest BCUT2D eigenvalue weighted by Gasteiger charge is 2.16. The van der Waals surface area contributed by atoms with Gasteiger partial charge in [-0.05, 0) is 24.5 Å². The summed E-state index contributed by atoms with van der Waals surface area (Å²) in [7, 11) is 0. The molecule has 1 aliphatic rings. The molecule has 0 radical (unpaired) electrons. The summed E-state index contributed by atoms with van der Waals surface area (Å²) in [6.07, 6.45) is 4.13. The minimum atomic E-state index is 1.06. The first-order valence-electron chi connectivity index (χ1n) is 3.77. The van der Waals surface area contributed by atoms with Gasteiger partial charge in [-0.15, -0.1) is 5.10 Å². The molecule has 54 valence electrons. The summed E-state index contributed by atoms with van der Waals surface area (Å²) >= 11 is 0. The van der Waals surface area contributed by atoms with Crippen LogP contribution in [0.5, 0.6) is 0 Å². The number of hydrogen-bond donors (Lipinski definition) is 0. The normalized spacial score (nSPS) is 14.5. The first-order valence-corrected chi connectivity index (χ1v) is 3.77. The summed E-state index contributed by atoms with van der Waals surface area (Å²) in [5.74, 6) is 0. The molecule has 0 aliphatic heterocycles. The molecular weight excluding hydrogens is 138 g/mol. The van der Waals surface area contributed by atoms with E-state index in [2.05, 4.69) is 16.4 Å². The first-order chi connectivity index (χ1) is 5.45. The Hall–Kier alpha value is -1.38. The van der Waals surface area contributed by atoms with E-state index < -0.39 is 0 Å². The van der Waals surface area contributed by atoms with Gasteiger partial charge in [-0.2, -0.15) is 0 Å². The fourth-order valence-corrected chi connectivity index (χ4v) is 1.71. The van der Waals surface area contributed by atoms with Gasteiger partial charge in [-0.3, -0.25) is 0 Å². The molecule has 0 aromatic carbocycles. The standard InChI is InChI=1S/C8H7N3/c1-2-6-3-4-7-8(6)11(5-1)10-9-7/h1-2,5H,3-4H2. The van der Waals surface area contributed by atoms with Gasteiger partial charge in [-0.1, -0.05) is 11.3 Å². The number of rotatable bonds is 0. The van der Waals surface area contributed by atoms with Crippen LogP contribution in [0.25, 0.3) is 5.52 Å². The smallest absolute Gasteiger partial charge is 0.0929 e. The zero-order valence-electron chi connectivity index (χ0n) is 5.99.